The van der Waals surface area contributed by atoms with Gasteiger partial charge in [-0.3, -0.25) is 0 Å². The van der Waals surface area contributed by atoms with Gasteiger partial charge in [-0.25, -0.2) is 13.1 Å². The van der Waals surface area contributed by atoms with Crippen molar-refractivity contribution in [3.05, 3.63) is 64.1 Å². The SMILES string of the molecule is O=S(=O)(N[C@H]1CCCc2ccccc21)c1ccccc1Br. The summed E-state index contributed by atoms with van der Waals surface area (Å²) in [5, 5.41) is 0. The number of sulfonamides is 1. The minimum absolute atomic E-state index is 0.146. The number of aryl methyl sites for hydroxylation is 1. The number of rotatable bonds is 3. The van der Waals surface area contributed by atoms with Gasteiger partial charge in [-0.15, -0.1) is 0 Å². The molecule has 0 amide bonds. The quantitative estimate of drug-likeness (QED) is 0.898. The maximum atomic E-state index is 12.6. The summed E-state index contributed by atoms with van der Waals surface area (Å²) in [4.78, 5) is 0.285. The summed E-state index contributed by atoms with van der Waals surface area (Å²) in [7, 11) is -3.53. The van der Waals surface area contributed by atoms with Crippen LogP contribution in [0.15, 0.2) is 57.9 Å². The molecule has 0 fully saturated rings. The molecule has 0 heterocycles. The van der Waals surface area contributed by atoms with Crippen LogP contribution in [0, 0.1) is 0 Å². The average Bonchev–Trinajstić information content (AvgIpc) is 2.47. The van der Waals surface area contributed by atoms with Crippen LogP contribution in [-0.4, -0.2) is 8.42 Å². The minimum Gasteiger partial charge on any atom is -0.207 e. The molecular weight excluding hydrogens is 350 g/mol. The van der Waals surface area contributed by atoms with Gasteiger partial charge >= 0.3 is 0 Å². The summed E-state index contributed by atoms with van der Waals surface area (Å²) in [6.07, 6.45) is 2.85. The minimum atomic E-state index is -3.53. The van der Waals surface area contributed by atoms with E-state index in [9.17, 15) is 8.42 Å². The second-order valence-corrected chi connectivity index (χ2v) is 7.73. The number of hydrogen-bond acceptors (Lipinski definition) is 2. The fraction of sp³-hybridized carbons (Fsp3) is 0.250. The second kappa shape index (κ2) is 5.91. The van der Waals surface area contributed by atoms with Gasteiger partial charge in [0.25, 0.3) is 0 Å². The fourth-order valence-electron chi connectivity index (χ4n) is 2.79. The molecule has 1 aliphatic carbocycles. The van der Waals surface area contributed by atoms with E-state index in [1.807, 2.05) is 18.2 Å². The first-order valence-electron chi connectivity index (χ1n) is 6.92. The Bertz CT molecular complexity index is 758. The monoisotopic (exact) mass is 365 g/mol. The van der Waals surface area contributed by atoms with E-state index in [-0.39, 0.29) is 10.9 Å². The molecule has 1 N–H and O–H groups in total. The van der Waals surface area contributed by atoms with E-state index in [4.69, 9.17) is 0 Å². The van der Waals surface area contributed by atoms with Crippen LogP contribution in [0.1, 0.15) is 30.0 Å². The van der Waals surface area contributed by atoms with E-state index in [0.717, 1.165) is 24.8 Å². The van der Waals surface area contributed by atoms with E-state index in [0.29, 0.717) is 4.47 Å². The number of benzene rings is 2. The number of fused-ring (bicyclic) bond motifs is 1. The fourth-order valence-corrected chi connectivity index (χ4v) is 5.04. The zero-order valence-electron chi connectivity index (χ0n) is 11.4. The number of hydrogen-bond donors (Lipinski definition) is 1. The highest BCUT2D eigenvalue weighted by Crippen LogP contribution is 2.31. The van der Waals surface area contributed by atoms with Crippen LogP contribution in [0.2, 0.25) is 0 Å². The number of halogens is 1. The first kappa shape index (κ1) is 14.8. The molecule has 0 bridgehead atoms. The van der Waals surface area contributed by atoms with E-state index in [1.165, 1.54) is 5.56 Å². The Morgan fingerprint density at radius 1 is 1.05 bits per heavy atom. The van der Waals surface area contributed by atoms with Gasteiger partial charge in [0.1, 0.15) is 0 Å². The Kier molecular flexibility index (Phi) is 4.15. The van der Waals surface area contributed by atoms with E-state index >= 15 is 0 Å². The van der Waals surface area contributed by atoms with Crippen molar-refractivity contribution in [2.24, 2.45) is 0 Å². The highest BCUT2D eigenvalue weighted by Gasteiger charge is 2.26. The van der Waals surface area contributed by atoms with Gasteiger partial charge in [0.2, 0.25) is 10.0 Å². The lowest BCUT2D eigenvalue weighted by molar-refractivity contribution is 0.507. The van der Waals surface area contributed by atoms with Crippen molar-refractivity contribution in [1.29, 1.82) is 0 Å². The van der Waals surface area contributed by atoms with E-state index in [1.54, 1.807) is 24.3 Å². The molecule has 0 saturated carbocycles. The summed E-state index contributed by atoms with van der Waals surface area (Å²) in [5.74, 6) is 0. The third-order valence-electron chi connectivity index (χ3n) is 3.79. The van der Waals surface area contributed by atoms with Gasteiger partial charge in [0.15, 0.2) is 0 Å². The van der Waals surface area contributed by atoms with Gasteiger partial charge in [0, 0.05) is 10.5 Å². The van der Waals surface area contributed by atoms with Gasteiger partial charge in [-0.2, -0.15) is 0 Å². The predicted molar refractivity (Wildman–Crippen MR) is 86.6 cm³/mol. The van der Waals surface area contributed by atoms with Crippen molar-refractivity contribution in [3.63, 3.8) is 0 Å². The predicted octanol–water partition coefficient (Wildman–Crippen LogP) is 3.81. The molecule has 5 heteroatoms. The first-order chi connectivity index (χ1) is 10.1. The summed E-state index contributed by atoms with van der Waals surface area (Å²) in [5.41, 5.74) is 2.34. The Balaban J connectivity index is 1.93. The number of nitrogens with one attached hydrogen (secondary N) is 1. The Morgan fingerprint density at radius 3 is 2.57 bits per heavy atom. The maximum absolute atomic E-state index is 12.6. The van der Waals surface area contributed by atoms with Crippen molar-refractivity contribution in [2.75, 3.05) is 0 Å². The smallest absolute Gasteiger partial charge is 0.207 e. The van der Waals surface area contributed by atoms with E-state index < -0.39 is 10.0 Å². The van der Waals surface area contributed by atoms with Gasteiger partial charge in [-0.05, 0) is 58.5 Å². The zero-order valence-corrected chi connectivity index (χ0v) is 13.8. The second-order valence-electron chi connectivity index (χ2n) is 5.20. The van der Waals surface area contributed by atoms with E-state index in [2.05, 4.69) is 26.7 Å². The third kappa shape index (κ3) is 3.05. The van der Waals surface area contributed by atoms with Gasteiger partial charge in [-0.1, -0.05) is 36.4 Å². The molecule has 0 aromatic heterocycles. The molecule has 0 unspecified atom stereocenters. The molecule has 1 atom stereocenters. The maximum Gasteiger partial charge on any atom is 0.242 e. The topological polar surface area (TPSA) is 46.2 Å². The molecule has 0 radical (unpaired) electrons. The molecule has 0 saturated heterocycles. The summed E-state index contributed by atoms with van der Waals surface area (Å²) >= 11 is 3.31. The van der Waals surface area contributed by atoms with Crippen LogP contribution in [0.3, 0.4) is 0 Å². The third-order valence-corrected chi connectivity index (χ3v) is 6.28. The Morgan fingerprint density at radius 2 is 1.76 bits per heavy atom. The van der Waals surface area contributed by atoms with Crippen LogP contribution in [0.4, 0.5) is 0 Å². The summed E-state index contributed by atoms with van der Waals surface area (Å²) in [6, 6.07) is 14.8. The molecule has 0 spiro atoms. The summed E-state index contributed by atoms with van der Waals surface area (Å²) < 4.78 is 28.6. The van der Waals surface area contributed by atoms with Crippen molar-refractivity contribution >= 4 is 26.0 Å². The molecule has 0 aliphatic heterocycles. The molecule has 1 aliphatic rings. The Hall–Kier alpha value is -1.17. The van der Waals surface area contributed by atoms with Crippen LogP contribution in [0.25, 0.3) is 0 Å². The van der Waals surface area contributed by atoms with Crippen LogP contribution < -0.4 is 4.72 Å². The summed E-state index contributed by atoms with van der Waals surface area (Å²) in [6.45, 7) is 0. The lowest BCUT2D eigenvalue weighted by atomic mass is 9.88. The molecule has 110 valence electrons. The zero-order chi connectivity index (χ0) is 14.9. The molecule has 2 aromatic rings. The molecule has 3 rings (SSSR count). The molecule has 21 heavy (non-hydrogen) atoms. The lowest BCUT2D eigenvalue weighted by Crippen LogP contribution is -2.31. The van der Waals surface area contributed by atoms with Crippen LogP contribution in [0.5, 0.6) is 0 Å². The van der Waals surface area contributed by atoms with Crippen molar-refractivity contribution in [2.45, 2.75) is 30.2 Å². The van der Waals surface area contributed by atoms with Crippen molar-refractivity contribution < 1.29 is 8.42 Å². The average molecular weight is 366 g/mol. The molecular formula is C16H16BrNO2S. The normalized spacial score (nSPS) is 18.2. The highest BCUT2D eigenvalue weighted by molar-refractivity contribution is 9.10. The van der Waals surface area contributed by atoms with Crippen LogP contribution >= 0.6 is 15.9 Å². The Labute approximate surface area is 133 Å². The molecule has 3 nitrogen and oxygen atoms in total. The highest BCUT2D eigenvalue weighted by atomic mass is 79.9. The van der Waals surface area contributed by atoms with Crippen LogP contribution in [-0.2, 0) is 16.4 Å². The van der Waals surface area contributed by atoms with Gasteiger partial charge in [0.05, 0.1) is 4.90 Å². The largest absolute Gasteiger partial charge is 0.242 e. The van der Waals surface area contributed by atoms with Crippen molar-refractivity contribution in [3.8, 4) is 0 Å². The molecule has 2 aromatic carbocycles. The first-order valence-corrected chi connectivity index (χ1v) is 9.20. The van der Waals surface area contributed by atoms with Gasteiger partial charge < -0.3 is 0 Å². The standard InChI is InChI=1S/C16H16BrNO2S/c17-14-9-3-4-11-16(14)21(19,20)18-15-10-5-7-12-6-1-2-8-13(12)15/h1-4,6,8-9,11,15,18H,5,7,10H2/t15-/m0/s1. The van der Waals surface area contributed by atoms with Crippen molar-refractivity contribution in [1.82, 2.24) is 4.72 Å². The lowest BCUT2D eigenvalue weighted by Gasteiger charge is -2.26.